The predicted octanol–water partition coefficient (Wildman–Crippen LogP) is 7.00. The molecular formula is C28H29BrCl2N2O4. The van der Waals surface area contributed by atoms with E-state index in [4.69, 9.17) is 23.2 Å². The van der Waals surface area contributed by atoms with Crippen molar-refractivity contribution in [2.45, 2.75) is 57.9 Å². The predicted molar refractivity (Wildman–Crippen MR) is 149 cm³/mol. The molecule has 196 valence electrons. The Bertz CT molecular complexity index is 1250. The molecule has 1 spiro atoms. The van der Waals surface area contributed by atoms with Crippen molar-refractivity contribution >= 4 is 62.5 Å². The first-order valence-electron chi connectivity index (χ1n) is 12.3. The number of benzene rings is 2. The van der Waals surface area contributed by atoms with E-state index >= 15 is 0 Å². The van der Waals surface area contributed by atoms with Gasteiger partial charge in [0.1, 0.15) is 5.54 Å². The molecule has 1 atom stereocenters. The molecule has 0 aromatic heterocycles. The average molecular weight is 608 g/mol. The summed E-state index contributed by atoms with van der Waals surface area (Å²) in [5, 5.41) is 17.1. The van der Waals surface area contributed by atoms with E-state index in [1.807, 2.05) is 13.8 Å². The van der Waals surface area contributed by atoms with Crippen LogP contribution in [0.15, 0.2) is 52.6 Å². The number of anilines is 1. The van der Waals surface area contributed by atoms with E-state index in [0.717, 1.165) is 37.7 Å². The monoisotopic (exact) mass is 606 g/mol. The van der Waals surface area contributed by atoms with E-state index < -0.39 is 22.8 Å². The topological polar surface area (TPSA) is 95.5 Å². The second kappa shape index (κ2) is 10.8. The Kier molecular flexibility index (Phi) is 8.07. The smallest absolute Gasteiger partial charge is 0.329 e. The number of carbonyl (C=O) groups is 3. The molecule has 0 bridgehead atoms. The molecule has 3 N–H and O–H groups in total. The number of hydrogen-bond acceptors (Lipinski definition) is 4. The summed E-state index contributed by atoms with van der Waals surface area (Å²) in [5.41, 5.74) is 0.274. The highest BCUT2D eigenvalue weighted by Gasteiger charge is 2.56. The molecule has 2 aromatic carbocycles. The molecule has 2 aromatic rings. The summed E-state index contributed by atoms with van der Waals surface area (Å²) in [4.78, 5) is 38.3. The lowest BCUT2D eigenvalue weighted by molar-refractivity contribution is -0.147. The van der Waals surface area contributed by atoms with Crippen molar-refractivity contribution in [1.29, 1.82) is 0 Å². The van der Waals surface area contributed by atoms with Gasteiger partial charge in [-0.15, -0.1) is 0 Å². The Morgan fingerprint density at radius 1 is 1.05 bits per heavy atom. The van der Waals surface area contributed by atoms with Crippen LogP contribution in [0.2, 0.25) is 10.0 Å². The summed E-state index contributed by atoms with van der Waals surface area (Å²) >= 11 is 15.7. The molecule has 0 saturated heterocycles. The van der Waals surface area contributed by atoms with Crippen LogP contribution in [0.5, 0.6) is 0 Å². The first-order valence-corrected chi connectivity index (χ1v) is 13.9. The number of carboxylic acid groups (broad SMARTS) is 1. The lowest BCUT2D eigenvalue weighted by Crippen LogP contribution is -2.62. The first kappa shape index (κ1) is 27.7. The van der Waals surface area contributed by atoms with Gasteiger partial charge in [0.25, 0.3) is 5.91 Å². The molecule has 0 radical (unpaired) electrons. The number of ketones is 1. The van der Waals surface area contributed by atoms with Crippen LogP contribution >= 0.6 is 39.1 Å². The van der Waals surface area contributed by atoms with Crippen LogP contribution in [0.4, 0.5) is 5.69 Å². The molecule has 1 fully saturated rings. The summed E-state index contributed by atoms with van der Waals surface area (Å²) in [5.74, 6) is -1.63. The Morgan fingerprint density at radius 2 is 1.65 bits per heavy atom. The third kappa shape index (κ3) is 5.06. The van der Waals surface area contributed by atoms with Gasteiger partial charge in [-0.1, -0.05) is 74.5 Å². The highest BCUT2D eigenvalue weighted by atomic mass is 79.9. The molecule has 1 saturated carbocycles. The van der Waals surface area contributed by atoms with Crippen LogP contribution in [0.1, 0.15) is 61.9 Å². The third-order valence-electron chi connectivity index (χ3n) is 7.64. The molecule has 2 aliphatic rings. The molecule has 37 heavy (non-hydrogen) atoms. The minimum Gasteiger partial charge on any atom is -0.479 e. The van der Waals surface area contributed by atoms with Crippen molar-refractivity contribution in [2.24, 2.45) is 11.3 Å². The maximum Gasteiger partial charge on any atom is 0.329 e. The highest BCUT2D eigenvalue weighted by molar-refractivity contribution is 9.12. The van der Waals surface area contributed by atoms with E-state index in [2.05, 4.69) is 26.6 Å². The summed E-state index contributed by atoms with van der Waals surface area (Å²) in [6, 6.07) is 11.9. The van der Waals surface area contributed by atoms with Crippen LogP contribution in [0, 0.1) is 11.3 Å². The maximum atomic E-state index is 12.9. The Balaban J connectivity index is 1.57. The zero-order valence-corrected chi connectivity index (χ0v) is 23.8. The first-order chi connectivity index (χ1) is 17.5. The van der Waals surface area contributed by atoms with Crippen LogP contribution < -0.4 is 10.6 Å². The molecule has 1 amide bonds. The number of allylic oxidation sites excluding steroid dienone is 2. The van der Waals surface area contributed by atoms with Gasteiger partial charge in [0.05, 0.1) is 25.5 Å². The van der Waals surface area contributed by atoms with Crippen LogP contribution in [-0.2, 0) is 16.0 Å². The highest BCUT2D eigenvalue weighted by Crippen LogP contribution is 2.54. The fraction of sp³-hybridized carbons (Fsp3) is 0.393. The SMILES string of the molecule is CC(C)[C@](Cc1ccc(NC(=O)c2c(Cl)cccc2Cl)cc1)(NC1=C(Br)C(=O)C12CCCCC2)C(=O)O. The van der Waals surface area contributed by atoms with Crippen molar-refractivity contribution < 1.29 is 19.5 Å². The summed E-state index contributed by atoms with van der Waals surface area (Å²) in [7, 11) is 0. The van der Waals surface area contributed by atoms with Gasteiger partial charge >= 0.3 is 5.97 Å². The lowest BCUT2D eigenvalue weighted by Gasteiger charge is -2.49. The van der Waals surface area contributed by atoms with E-state index in [1.54, 1.807) is 42.5 Å². The molecule has 4 rings (SSSR count). The fourth-order valence-electron chi connectivity index (χ4n) is 5.32. The van der Waals surface area contributed by atoms with Gasteiger partial charge in [0, 0.05) is 17.8 Å². The molecule has 0 aliphatic heterocycles. The van der Waals surface area contributed by atoms with Crippen LogP contribution in [-0.4, -0.2) is 28.3 Å². The molecule has 9 heteroatoms. The minimum atomic E-state index is -1.32. The zero-order valence-electron chi connectivity index (χ0n) is 20.7. The zero-order chi connectivity index (χ0) is 27.0. The van der Waals surface area contributed by atoms with Gasteiger partial charge in [0.2, 0.25) is 0 Å². The number of Topliss-reactive ketones (excluding diaryl/α,β-unsaturated/α-hetero) is 1. The number of halogens is 3. The number of carboxylic acids is 1. The second-order valence-electron chi connectivity index (χ2n) is 10.1. The number of nitrogens with one attached hydrogen (secondary N) is 2. The number of aliphatic carboxylic acids is 1. The van der Waals surface area contributed by atoms with E-state index in [1.165, 1.54) is 0 Å². The number of rotatable bonds is 8. The number of amides is 1. The lowest BCUT2D eigenvalue weighted by atomic mass is 9.61. The van der Waals surface area contributed by atoms with E-state index in [-0.39, 0.29) is 33.7 Å². The quantitative estimate of drug-likeness (QED) is 0.300. The van der Waals surface area contributed by atoms with E-state index in [9.17, 15) is 19.5 Å². The molecule has 2 aliphatic carbocycles. The maximum absolute atomic E-state index is 12.9. The Labute approximate surface area is 234 Å². The molecule has 0 heterocycles. The number of hydrogen-bond donors (Lipinski definition) is 3. The third-order valence-corrected chi connectivity index (χ3v) is 9.03. The van der Waals surface area contributed by atoms with Gasteiger partial charge in [-0.05, 0) is 64.5 Å². The summed E-state index contributed by atoms with van der Waals surface area (Å²) in [6.07, 6.45) is 4.65. The van der Waals surface area contributed by atoms with Crippen LogP contribution in [0.25, 0.3) is 0 Å². The fourth-order valence-corrected chi connectivity index (χ4v) is 6.75. The van der Waals surface area contributed by atoms with Crippen molar-refractivity contribution in [3.05, 3.63) is 73.8 Å². The van der Waals surface area contributed by atoms with Gasteiger partial charge in [-0.3, -0.25) is 9.59 Å². The van der Waals surface area contributed by atoms with Crippen molar-refractivity contribution in [1.82, 2.24) is 5.32 Å². The average Bonchev–Trinajstić information content (AvgIpc) is 2.87. The minimum absolute atomic E-state index is 0.0662. The second-order valence-corrected chi connectivity index (χ2v) is 11.7. The van der Waals surface area contributed by atoms with Crippen molar-refractivity contribution in [3.63, 3.8) is 0 Å². The Morgan fingerprint density at radius 3 is 2.19 bits per heavy atom. The normalized spacial score (nSPS) is 18.4. The van der Waals surface area contributed by atoms with Gasteiger partial charge < -0.3 is 15.7 Å². The number of carbonyl (C=O) groups excluding carboxylic acids is 2. The van der Waals surface area contributed by atoms with Crippen LogP contribution in [0.3, 0.4) is 0 Å². The molecule has 6 nitrogen and oxygen atoms in total. The van der Waals surface area contributed by atoms with E-state index in [0.29, 0.717) is 15.9 Å². The largest absolute Gasteiger partial charge is 0.479 e. The van der Waals surface area contributed by atoms with Crippen molar-refractivity contribution in [3.8, 4) is 0 Å². The van der Waals surface area contributed by atoms with Crippen molar-refractivity contribution in [2.75, 3.05) is 5.32 Å². The van der Waals surface area contributed by atoms with Gasteiger partial charge in [-0.25, -0.2) is 4.79 Å². The van der Waals surface area contributed by atoms with Gasteiger partial charge in [-0.2, -0.15) is 0 Å². The molecule has 0 unspecified atom stereocenters. The standard InChI is InChI=1S/C28H29BrCl2N2O4/c1-16(2)28(26(36)37,33-23-22(29)24(34)27(23)13-4-3-5-14-27)15-17-9-11-18(12-10-17)32-25(35)21-19(30)7-6-8-20(21)31/h6-12,16,33H,3-5,13-15H2,1-2H3,(H,32,35)(H,36,37)/t28-/m0/s1. The van der Waals surface area contributed by atoms with Gasteiger partial charge in [0.15, 0.2) is 5.78 Å². The summed E-state index contributed by atoms with van der Waals surface area (Å²) < 4.78 is 0.456. The Hall–Kier alpha value is -2.35. The molecular weight excluding hydrogens is 579 g/mol. The summed E-state index contributed by atoms with van der Waals surface area (Å²) in [6.45, 7) is 3.73.